The number of hydrogen-bond acceptors (Lipinski definition) is 5. The number of aliphatic carboxylic acids is 1. The van der Waals surface area contributed by atoms with Crippen molar-refractivity contribution in [1.82, 2.24) is 4.90 Å². The average Bonchev–Trinajstić information content (AvgIpc) is 2.91. The van der Waals surface area contributed by atoms with Crippen LogP contribution in [0.2, 0.25) is 0 Å². The zero-order chi connectivity index (χ0) is 18.1. The van der Waals surface area contributed by atoms with Crippen LogP contribution in [-0.4, -0.2) is 47.3 Å². The Hall–Kier alpha value is -2.36. The van der Waals surface area contributed by atoms with Crippen LogP contribution in [0.4, 0.5) is 18.9 Å². The fourth-order valence-corrected chi connectivity index (χ4v) is 2.84. The van der Waals surface area contributed by atoms with Crippen molar-refractivity contribution in [3.8, 4) is 5.75 Å². The number of methoxy groups -OCH3 is 1. The lowest BCUT2D eigenvalue weighted by Gasteiger charge is -2.19. The molecule has 24 heavy (non-hydrogen) atoms. The second kappa shape index (κ2) is 6.63. The first-order valence-corrected chi connectivity index (χ1v) is 6.96. The van der Waals surface area contributed by atoms with Gasteiger partial charge in [-0.3, -0.25) is 19.8 Å². The van der Waals surface area contributed by atoms with Crippen molar-refractivity contribution >= 4 is 11.7 Å². The molecule has 0 aromatic heterocycles. The van der Waals surface area contributed by atoms with E-state index >= 15 is 0 Å². The van der Waals surface area contributed by atoms with E-state index in [1.54, 1.807) is 0 Å². The Bertz CT molecular complexity index is 650. The number of ether oxygens (including phenoxy) is 1. The van der Waals surface area contributed by atoms with Crippen LogP contribution in [0.3, 0.4) is 0 Å². The Morgan fingerprint density at radius 1 is 1.46 bits per heavy atom. The van der Waals surface area contributed by atoms with Gasteiger partial charge in [-0.05, 0) is 6.07 Å². The maximum Gasteiger partial charge on any atom is 0.393 e. The fourth-order valence-electron chi connectivity index (χ4n) is 2.84. The van der Waals surface area contributed by atoms with E-state index in [0.29, 0.717) is 11.3 Å². The lowest BCUT2D eigenvalue weighted by molar-refractivity contribution is -0.385. The number of likely N-dealkylation sites (tertiary alicyclic amines) is 1. The van der Waals surface area contributed by atoms with Crippen molar-refractivity contribution in [2.24, 2.45) is 11.8 Å². The topological polar surface area (TPSA) is 92.9 Å². The number of alkyl halides is 3. The average molecular weight is 348 g/mol. The van der Waals surface area contributed by atoms with Crippen LogP contribution in [0.1, 0.15) is 5.56 Å². The third-order valence-corrected chi connectivity index (χ3v) is 4.00. The van der Waals surface area contributed by atoms with E-state index in [4.69, 9.17) is 9.84 Å². The summed E-state index contributed by atoms with van der Waals surface area (Å²) in [4.78, 5) is 22.6. The molecule has 0 aliphatic carbocycles. The van der Waals surface area contributed by atoms with Crippen LogP contribution in [0.25, 0.3) is 0 Å². The Labute approximate surface area is 134 Å². The molecule has 0 radical (unpaired) electrons. The number of nitrogens with zero attached hydrogens (tertiary/aromatic N) is 2. The molecule has 0 amide bonds. The van der Waals surface area contributed by atoms with Gasteiger partial charge >= 0.3 is 12.1 Å². The highest BCUT2D eigenvalue weighted by atomic mass is 19.4. The largest absolute Gasteiger partial charge is 0.496 e. The minimum Gasteiger partial charge on any atom is -0.496 e. The molecule has 1 aliphatic rings. The second-order valence-electron chi connectivity index (χ2n) is 5.54. The van der Waals surface area contributed by atoms with E-state index in [1.807, 2.05) is 0 Å². The summed E-state index contributed by atoms with van der Waals surface area (Å²) in [5.74, 6) is -4.75. The number of halogens is 3. The van der Waals surface area contributed by atoms with Gasteiger partial charge in [-0.15, -0.1) is 0 Å². The van der Waals surface area contributed by atoms with Gasteiger partial charge in [0.15, 0.2) is 0 Å². The Morgan fingerprint density at radius 2 is 2.12 bits per heavy atom. The number of rotatable bonds is 5. The molecule has 1 saturated heterocycles. The van der Waals surface area contributed by atoms with Gasteiger partial charge in [0.05, 0.1) is 23.9 Å². The predicted octanol–water partition coefficient (Wildman–Crippen LogP) is 2.30. The van der Waals surface area contributed by atoms with Gasteiger partial charge in [-0.25, -0.2) is 0 Å². The first-order valence-electron chi connectivity index (χ1n) is 6.96. The minimum atomic E-state index is -4.62. The third kappa shape index (κ3) is 3.75. The monoisotopic (exact) mass is 348 g/mol. The van der Waals surface area contributed by atoms with Crippen molar-refractivity contribution in [1.29, 1.82) is 0 Å². The van der Waals surface area contributed by atoms with E-state index < -0.39 is 35.4 Å². The quantitative estimate of drug-likeness (QED) is 0.648. The molecule has 0 spiro atoms. The summed E-state index contributed by atoms with van der Waals surface area (Å²) in [7, 11) is 1.34. The van der Waals surface area contributed by atoms with Crippen molar-refractivity contribution < 1.29 is 32.7 Å². The van der Waals surface area contributed by atoms with Crippen molar-refractivity contribution in [3.05, 3.63) is 33.9 Å². The molecule has 1 fully saturated rings. The minimum absolute atomic E-state index is 0.0682. The van der Waals surface area contributed by atoms with Crippen LogP contribution >= 0.6 is 0 Å². The number of carboxylic acids is 1. The molecular weight excluding hydrogens is 333 g/mol. The lowest BCUT2D eigenvalue weighted by Crippen LogP contribution is -2.33. The number of nitro benzene ring substituents is 1. The van der Waals surface area contributed by atoms with Gasteiger partial charge in [0.1, 0.15) is 5.75 Å². The van der Waals surface area contributed by atoms with Crippen LogP contribution in [0.5, 0.6) is 5.75 Å². The lowest BCUT2D eigenvalue weighted by atomic mass is 9.96. The summed E-state index contributed by atoms with van der Waals surface area (Å²) in [6, 6.07) is 3.81. The summed E-state index contributed by atoms with van der Waals surface area (Å²) in [6.45, 7) is -0.834. The number of nitro groups is 1. The second-order valence-corrected chi connectivity index (χ2v) is 5.54. The molecule has 1 aliphatic heterocycles. The normalized spacial score (nSPS) is 21.7. The highest BCUT2D eigenvalue weighted by Gasteiger charge is 2.52. The molecule has 132 valence electrons. The molecule has 1 aromatic rings. The van der Waals surface area contributed by atoms with Gasteiger partial charge in [0, 0.05) is 37.3 Å². The zero-order valence-electron chi connectivity index (χ0n) is 12.6. The van der Waals surface area contributed by atoms with E-state index in [2.05, 4.69) is 0 Å². The molecule has 10 heteroatoms. The van der Waals surface area contributed by atoms with Crippen molar-refractivity contribution in [3.63, 3.8) is 0 Å². The molecule has 0 saturated carbocycles. The molecular formula is C14H15F3N2O5. The number of non-ortho nitro benzene ring substituents is 1. The Balaban J connectivity index is 2.24. The van der Waals surface area contributed by atoms with Gasteiger partial charge in [0.25, 0.3) is 5.69 Å². The van der Waals surface area contributed by atoms with Gasteiger partial charge in [0.2, 0.25) is 0 Å². The van der Waals surface area contributed by atoms with E-state index in [-0.39, 0.29) is 18.8 Å². The summed E-state index contributed by atoms with van der Waals surface area (Å²) in [6.07, 6.45) is -4.62. The first-order chi connectivity index (χ1) is 11.1. The molecule has 0 bridgehead atoms. The third-order valence-electron chi connectivity index (χ3n) is 4.00. The van der Waals surface area contributed by atoms with Gasteiger partial charge in [-0.1, -0.05) is 0 Å². The molecule has 1 N–H and O–H groups in total. The number of carboxylic acid groups (broad SMARTS) is 1. The number of carbonyl (C=O) groups is 1. The predicted molar refractivity (Wildman–Crippen MR) is 75.6 cm³/mol. The highest BCUT2D eigenvalue weighted by molar-refractivity contribution is 5.71. The number of benzene rings is 1. The van der Waals surface area contributed by atoms with E-state index in [1.165, 1.54) is 30.2 Å². The van der Waals surface area contributed by atoms with Gasteiger partial charge in [-0.2, -0.15) is 13.2 Å². The molecule has 0 unspecified atom stereocenters. The van der Waals surface area contributed by atoms with Crippen LogP contribution in [0.15, 0.2) is 18.2 Å². The van der Waals surface area contributed by atoms with Crippen LogP contribution in [0, 0.1) is 22.0 Å². The van der Waals surface area contributed by atoms with Crippen molar-refractivity contribution in [2.75, 3.05) is 20.2 Å². The molecule has 1 heterocycles. The van der Waals surface area contributed by atoms with Gasteiger partial charge < -0.3 is 9.84 Å². The smallest absolute Gasteiger partial charge is 0.393 e. The highest BCUT2D eigenvalue weighted by Crippen LogP contribution is 2.39. The van der Waals surface area contributed by atoms with Crippen LogP contribution < -0.4 is 4.74 Å². The molecule has 7 nitrogen and oxygen atoms in total. The zero-order valence-corrected chi connectivity index (χ0v) is 12.6. The van der Waals surface area contributed by atoms with Crippen LogP contribution in [-0.2, 0) is 11.3 Å². The Morgan fingerprint density at radius 3 is 2.58 bits per heavy atom. The molecule has 2 rings (SSSR count). The maximum atomic E-state index is 13.0. The fraction of sp³-hybridized carbons (Fsp3) is 0.500. The summed E-state index contributed by atoms with van der Waals surface area (Å²) in [5.41, 5.74) is 0.116. The van der Waals surface area contributed by atoms with E-state index in [9.17, 15) is 28.1 Å². The Kier molecular flexibility index (Phi) is 4.97. The summed E-state index contributed by atoms with van der Waals surface area (Å²) < 4.78 is 44.1. The first kappa shape index (κ1) is 18.0. The SMILES string of the molecule is COc1ccc([N+](=O)[O-])cc1CN1C[C@@H](C(F)(F)F)[C@H](C(=O)O)C1. The molecule has 1 aromatic carbocycles. The summed E-state index contributed by atoms with van der Waals surface area (Å²) in [5, 5.41) is 19.8. The molecule has 2 atom stereocenters. The van der Waals surface area contributed by atoms with Crippen molar-refractivity contribution in [2.45, 2.75) is 12.7 Å². The summed E-state index contributed by atoms with van der Waals surface area (Å²) >= 11 is 0. The standard InChI is InChI=1S/C14H15F3N2O5/c1-24-12-3-2-9(19(22)23)4-8(12)5-18-6-10(13(20)21)11(7-18)14(15,16)17/h2-4,10-11H,5-7H2,1H3,(H,20,21)/t10-,11-/m1/s1. The number of hydrogen-bond donors (Lipinski definition) is 1. The van der Waals surface area contributed by atoms with E-state index in [0.717, 1.165) is 0 Å². The maximum absolute atomic E-state index is 13.0.